The first-order valence-electron chi connectivity index (χ1n) is 16.7. The zero-order valence-electron chi connectivity index (χ0n) is 26.9. The van der Waals surface area contributed by atoms with Gasteiger partial charge >= 0.3 is 0 Å². The van der Waals surface area contributed by atoms with Crippen LogP contribution in [0.5, 0.6) is 0 Å². The van der Waals surface area contributed by atoms with Crippen molar-refractivity contribution in [2.45, 2.75) is 19.3 Å². The maximum Gasteiger partial charge on any atom is 0.0548 e. The average molecular weight is 616 g/mol. The first kappa shape index (κ1) is 27.1. The van der Waals surface area contributed by atoms with Crippen LogP contribution in [0.1, 0.15) is 25.0 Å². The van der Waals surface area contributed by atoms with Crippen molar-refractivity contribution >= 4 is 60.7 Å². The standard InChI is InChI=1S/C45H33N3/c1-45(2)35-21-11-14-24-39(35)47(31-17-7-4-8-18-31)42-29-32(25-26-36(42)45)48-38-23-13-10-20-34(38)44-41(48)28-27-40-43(44)33-19-9-12-22-37(33)46(40)30-15-5-3-6-16-30/h3-29H,1-2H3. The van der Waals surface area contributed by atoms with E-state index in [4.69, 9.17) is 0 Å². The van der Waals surface area contributed by atoms with E-state index in [9.17, 15) is 0 Å². The minimum atomic E-state index is -0.151. The zero-order chi connectivity index (χ0) is 32.0. The SMILES string of the molecule is CC1(C)c2ccccc2N(c2ccccc2)c2cc(-n3c4ccccc4c4c5c6ccccc6n(-c6ccccc6)c5ccc43)ccc21. The summed E-state index contributed by atoms with van der Waals surface area (Å²) >= 11 is 0. The molecular formula is C45H33N3. The Kier molecular flexibility index (Phi) is 5.63. The summed E-state index contributed by atoms with van der Waals surface area (Å²) < 4.78 is 4.88. The fourth-order valence-corrected chi connectivity index (χ4v) is 8.35. The lowest BCUT2D eigenvalue weighted by Gasteiger charge is -2.42. The molecule has 2 aromatic heterocycles. The van der Waals surface area contributed by atoms with Gasteiger partial charge in [0.1, 0.15) is 0 Å². The quantitative estimate of drug-likeness (QED) is 0.193. The third-order valence-corrected chi connectivity index (χ3v) is 10.5. The molecule has 0 amide bonds. The molecule has 1 aliphatic rings. The van der Waals surface area contributed by atoms with Gasteiger partial charge in [-0.1, -0.05) is 111 Å². The average Bonchev–Trinajstić information content (AvgIpc) is 3.65. The molecule has 0 fully saturated rings. The second-order valence-electron chi connectivity index (χ2n) is 13.4. The van der Waals surface area contributed by atoms with E-state index in [2.05, 4.69) is 192 Å². The number of hydrogen-bond acceptors (Lipinski definition) is 1. The lowest BCUT2D eigenvalue weighted by molar-refractivity contribution is 0.631. The van der Waals surface area contributed by atoms with Gasteiger partial charge in [0, 0.05) is 44.0 Å². The monoisotopic (exact) mass is 615 g/mol. The van der Waals surface area contributed by atoms with Crippen LogP contribution < -0.4 is 4.90 Å². The molecule has 0 unspecified atom stereocenters. The number of nitrogens with zero attached hydrogens (tertiary/aromatic N) is 3. The Labute approximate surface area is 279 Å². The van der Waals surface area contributed by atoms with Crippen molar-refractivity contribution in [1.29, 1.82) is 0 Å². The van der Waals surface area contributed by atoms with Gasteiger partial charge in [-0.05, 0) is 77.9 Å². The summed E-state index contributed by atoms with van der Waals surface area (Å²) in [5, 5.41) is 5.11. The van der Waals surface area contributed by atoms with Crippen LogP contribution in [0, 0.1) is 0 Å². The zero-order valence-corrected chi connectivity index (χ0v) is 26.9. The Bertz CT molecular complexity index is 2690. The maximum absolute atomic E-state index is 2.47. The molecule has 0 saturated heterocycles. The molecule has 228 valence electrons. The number of rotatable bonds is 3. The van der Waals surface area contributed by atoms with E-state index in [0.717, 1.165) is 11.4 Å². The summed E-state index contributed by atoms with van der Waals surface area (Å²) in [5.41, 5.74) is 13.3. The molecule has 0 bridgehead atoms. The van der Waals surface area contributed by atoms with Gasteiger partial charge in [-0.2, -0.15) is 0 Å². The summed E-state index contributed by atoms with van der Waals surface area (Å²) in [7, 11) is 0. The van der Waals surface area contributed by atoms with Crippen molar-refractivity contribution in [2.24, 2.45) is 0 Å². The molecule has 3 nitrogen and oxygen atoms in total. The third kappa shape index (κ3) is 3.64. The fraction of sp³-hybridized carbons (Fsp3) is 0.0667. The van der Waals surface area contributed by atoms with Gasteiger partial charge in [-0.15, -0.1) is 0 Å². The van der Waals surface area contributed by atoms with Gasteiger partial charge in [-0.3, -0.25) is 0 Å². The van der Waals surface area contributed by atoms with Crippen LogP contribution >= 0.6 is 0 Å². The smallest absolute Gasteiger partial charge is 0.0548 e. The van der Waals surface area contributed by atoms with Crippen LogP contribution in [0.3, 0.4) is 0 Å². The predicted molar refractivity (Wildman–Crippen MR) is 202 cm³/mol. The molecule has 9 aromatic rings. The summed E-state index contributed by atoms with van der Waals surface area (Å²) in [6.07, 6.45) is 0. The summed E-state index contributed by atoms with van der Waals surface area (Å²) in [4.78, 5) is 2.44. The highest BCUT2D eigenvalue weighted by atomic mass is 15.2. The van der Waals surface area contributed by atoms with E-state index in [0.29, 0.717) is 0 Å². The van der Waals surface area contributed by atoms with Crippen molar-refractivity contribution in [1.82, 2.24) is 9.13 Å². The lowest BCUT2D eigenvalue weighted by atomic mass is 9.73. The van der Waals surface area contributed by atoms with Crippen LogP contribution in [0.15, 0.2) is 164 Å². The number of hydrogen-bond donors (Lipinski definition) is 0. The number of anilines is 3. The van der Waals surface area contributed by atoms with Crippen molar-refractivity contribution in [3.8, 4) is 11.4 Å². The van der Waals surface area contributed by atoms with E-state index in [1.807, 2.05) is 0 Å². The lowest BCUT2D eigenvalue weighted by Crippen LogP contribution is -2.30. The van der Waals surface area contributed by atoms with E-state index >= 15 is 0 Å². The Morgan fingerprint density at radius 2 is 0.875 bits per heavy atom. The molecule has 0 spiro atoms. The molecule has 0 saturated carbocycles. The number of aromatic nitrogens is 2. The molecule has 7 aromatic carbocycles. The van der Waals surface area contributed by atoms with Crippen LogP contribution in [0.4, 0.5) is 17.1 Å². The van der Waals surface area contributed by atoms with E-state index < -0.39 is 0 Å². The molecule has 1 aliphatic heterocycles. The van der Waals surface area contributed by atoms with Gasteiger partial charge < -0.3 is 14.0 Å². The second kappa shape index (κ2) is 9.97. The van der Waals surface area contributed by atoms with Gasteiger partial charge in [0.25, 0.3) is 0 Å². The van der Waals surface area contributed by atoms with Crippen molar-refractivity contribution < 1.29 is 0 Å². The topological polar surface area (TPSA) is 13.1 Å². The Hall–Kier alpha value is -6.06. The van der Waals surface area contributed by atoms with E-state index in [1.54, 1.807) is 0 Å². The van der Waals surface area contributed by atoms with Crippen molar-refractivity contribution in [3.63, 3.8) is 0 Å². The molecule has 0 N–H and O–H groups in total. The van der Waals surface area contributed by atoms with Crippen LogP contribution in [0.25, 0.3) is 55.0 Å². The number of fused-ring (bicyclic) bond motifs is 9. The highest BCUT2D eigenvalue weighted by Crippen LogP contribution is 2.52. The van der Waals surface area contributed by atoms with Crippen LogP contribution in [0.2, 0.25) is 0 Å². The maximum atomic E-state index is 2.47. The van der Waals surface area contributed by atoms with Crippen LogP contribution in [-0.4, -0.2) is 9.13 Å². The Morgan fingerprint density at radius 3 is 1.52 bits per heavy atom. The molecule has 0 atom stereocenters. The highest BCUT2D eigenvalue weighted by molar-refractivity contribution is 6.28. The molecule has 3 heteroatoms. The summed E-state index contributed by atoms with van der Waals surface area (Å²) in [6, 6.07) is 59.8. The van der Waals surface area contributed by atoms with Gasteiger partial charge in [0.05, 0.1) is 33.4 Å². The molecule has 10 rings (SSSR count). The molecule has 0 radical (unpaired) electrons. The first-order valence-corrected chi connectivity index (χ1v) is 16.7. The Balaban J connectivity index is 1.29. The normalized spacial score (nSPS) is 13.8. The molecular weight excluding hydrogens is 583 g/mol. The van der Waals surface area contributed by atoms with E-state index in [1.165, 1.54) is 71.8 Å². The van der Waals surface area contributed by atoms with Crippen molar-refractivity contribution in [2.75, 3.05) is 4.90 Å². The fourth-order valence-electron chi connectivity index (χ4n) is 8.35. The summed E-state index contributed by atoms with van der Waals surface area (Å²) in [5.74, 6) is 0. The number of para-hydroxylation sites is 5. The molecule has 3 heterocycles. The molecule has 48 heavy (non-hydrogen) atoms. The minimum Gasteiger partial charge on any atom is -0.310 e. The van der Waals surface area contributed by atoms with Gasteiger partial charge in [0.15, 0.2) is 0 Å². The first-order chi connectivity index (χ1) is 23.6. The highest BCUT2D eigenvalue weighted by Gasteiger charge is 2.37. The third-order valence-electron chi connectivity index (χ3n) is 10.5. The van der Waals surface area contributed by atoms with Crippen molar-refractivity contribution in [3.05, 3.63) is 175 Å². The largest absolute Gasteiger partial charge is 0.310 e. The minimum absolute atomic E-state index is 0.151. The predicted octanol–water partition coefficient (Wildman–Crippen LogP) is 12.0. The summed E-state index contributed by atoms with van der Waals surface area (Å²) in [6.45, 7) is 4.71. The Morgan fingerprint density at radius 1 is 0.375 bits per heavy atom. The second-order valence-corrected chi connectivity index (χ2v) is 13.4. The van der Waals surface area contributed by atoms with Gasteiger partial charge in [0.2, 0.25) is 0 Å². The van der Waals surface area contributed by atoms with Gasteiger partial charge in [-0.25, -0.2) is 0 Å². The van der Waals surface area contributed by atoms with E-state index in [-0.39, 0.29) is 5.41 Å². The number of benzene rings is 7. The molecule has 0 aliphatic carbocycles. The van der Waals surface area contributed by atoms with Crippen LogP contribution in [-0.2, 0) is 5.41 Å².